The Bertz CT molecular complexity index is 1260. The standard InChI is InChI=1S/C28H37FN2O5S/c1-16(2)9-18-11-22(12-18)28-26(19-5-6-19)27(30-36-28)21(15-25(33)31-37(4,34)35)14-24(32)13-20-7-8-23(29)10-17(20)3/h7-8,10,16,18-19,21-22H,5-6,9,11-15H2,1-4H3,(H,31,33)/t18?,21-,22?/m1/s1. The third-order valence-electron chi connectivity index (χ3n) is 7.46. The first-order chi connectivity index (χ1) is 17.4. The lowest BCUT2D eigenvalue weighted by atomic mass is 9.69. The van der Waals surface area contributed by atoms with Crippen LogP contribution in [0.25, 0.3) is 0 Å². The van der Waals surface area contributed by atoms with E-state index in [1.807, 2.05) is 4.72 Å². The van der Waals surface area contributed by atoms with Crippen LogP contribution in [0.3, 0.4) is 0 Å². The molecule has 0 aliphatic heterocycles. The number of halogens is 1. The minimum Gasteiger partial charge on any atom is -0.361 e. The first-order valence-corrected chi connectivity index (χ1v) is 15.1. The molecule has 2 aliphatic rings. The molecular weight excluding hydrogens is 495 g/mol. The highest BCUT2D eigenvalue weighted by Crippen LogP contribution is 2.52. The zero-order valence-electron chi connectivity index (χ0n) is 22.1. The van der Waals surface area contributed by atoms with Gasteiger partial charge in [-0.1, -0.05) is 25.1 Å². The lowest BCUT2D eigenvalue weighted by molar-refractivity contribution is -0.120. The van der Waals surface area contributed by atoms with Gasteiger partial charge in [-0.15, -0.1) is 0 Å². The number of aryl methyl sites for hydroxylation is 1. The van der Waals surface area contributed by atoms with Gasteiger partial charge in [-0.05, 0) is 80.0 Å². The number of ketones is 1. The van der Waals surface area contributed by atoms with Gasteiger partial charge in [0.05, 0.1) is 11.9 Å². The predicted octanol–water partition coefficient (Wildman–Crippen LogP) is 5.29. The summed E-state index contributed by atoms with van der Waals surface area (Å²) < 4.78 is 44.7. The number of aromatic nitrogens is 1. The molecule has 0 spiro atoms. The molecule has 37 heavy (non-hydrogen) atoms. The predicted molar refractivity (Wildman–Crippen MR) is 138 cm³/mol. The van der Waals surface area contributed by atoms with E-state index in [0.29, 0.717) is 34.9 Å². The van der Waals surface area contributed by atoms with E-state index in [-0.39, 0.29) is 30.9 Å². The Balaban J connectivity index is 1.57. The van der Waals surface area contributed by atoms with Gasteiger partial charge in [-0.3, -0.25) is 14.3 Å². The van der Waals surface area contributed by atoms with E-state index in [4.69, 9.17) is 4.52 Å². The summed E-state index contributed by atoms with van der Waals surface area (Å²) in [4.78, 5) is 25.8. The Labute approximate surface area is 218 Å². The number of rotatable bonds is 12. The SMILES string of the molecule is Cc1cc(F)ccc1CC(=O)C[C@H](CC(=O)NS(C)(=O)=O)c1noc(C2CC(CC(C)C)C2)c1C1CC1. The second kappa shape index (κ2) is 11.1. The van der Waals surface area contributed by atoms with Crippen molar-refractivity contribution >= 4 is 21.7 Å². The zero-order chi connectivity index (χ0) is 26.9. The van der Waals surface area contributed by atoms with Gasteiger partial charge in [0, 0.05) is 36.7 Å². The molecule has 1 amide bonds. The molecule has 0 radical (unpaired) electrons. The summed E-state index contributed by atoms with van der Waals surface area (Å²) in [6.45, 7) is 6.21. The number of carbonyl (C=O) groups excluding carboxylic acids is 2. The van der Waals surface area contributed by atoms with Gasteiger partial charge < -0.3 is 4.52 Å². The number of Topliss-reactive ketones (excluding diaryl/α,β-unsaturated/α-hetero) is 1. The second-order valence-electron chi connectivity index (χ2n) is 11.5. The Morgan fingerprint density at radius 1 is 1.16 bits per heavy atom. The monoisotopic (exact) mass is 532 g/mol. The van der Waals surface area contributed by atoms with E-state index >= 15 is 0 Å². The number of nitrogens with zero attached hydrogens (tertiary/aromatic N) is 1. The fourth-order valence-electron chi connectivity index (χ4n) is 5.66. The van der Waals surface area contributed by atoms with Crippen LogP contribution < -0.4 is 4.72 Å². The average Bonchev–Trinajstić information content (AvgIpc) is 3.49. The zero-order valence-corrected chi connectivity index (χ0v) is 22.9. The highest BCUT2D eigenvalue weighted by atomic mass is 32.2. The number of nitrogens with one attached hydrogen (secondary N) is 1. The van der Waals surface area contributed by atoms with Crippen molar-refractivity contribution in [2.24, 2.45) is 11.8 Å². The van der Waals surface area contributed by atoms with E-state index in [2.05, 4.69) is 19.0 Å². The molecular formula is C28H37FN2O5S. The quantitative estimate of drug-likeness (QED) is 0.398. The molecule has 7 nitrogen and oxygen atoms in total. The molecule has 9 heteroatoms. The number of sulfonamides is 1. The van der Waals surface area contributed by atoms with E-state index < -0.39 is 21.8 Å². The molecule has 0 saturated heterocycles. The molecule has 2 aromatic rings. The van der Waals surface area contributed by atoms with Gasteiger partial charge >= 0.3 is 0 Å². The van der Waals surface area contributed by atoms with Crippen molar-refractivity contribution in [1.82, 2.24) is 9.88 Å². The third kappa shape index (κ3) is 7.27. The Morgan fingerprint density at radius 2 is 1.86 bits per heavy atom. The van der Waals surface area contributed by atoms with Crippen LogP contribution in [0, 0.1) is 24.6 Å². The van der Waals surface area contributed by atoms with Gasteiger partial charge in [0.2, 0.25) is 15.9 Å². The summed E-state index contributed by atoms with van der Waals surface area (Å²) >= 11 is 0. The topological polar surface area (TPSA) is 106 Å². The number of carbonyl (C=O) groups is 2. The van der Waals surface area contributed by atoms with Gasteiger partial charge in [-0.2, -0.15) is 0 Å². The van der Waals surface area contributed by atoms with Crippen LogP contribution in [0.15, 0.2) is 22.7 Å². The molecule has 4 rings (SSSR count). The highest BCUT2D eigenvalue weighted by molar-refractivity contribution is 7.89. The molecule has 0 unspecified atom stereocenters. The molecule has 2 saturated carbocycles. The minimum atomic E-state index is -3.74. The molecule has 2 fully saturated rings. The largest absolute Gasteiger partial charge is 0.361 e. The summed E-state index contributed by atoms with van der Waals surface area (Å²) in [6.07, 6.45) is 6.15. The maximum atomic E-state index is 13.5. The molecule has 1 heterocycles. The third-order valence-corrected chi connectivity index (χ3v) is 8.06. The van der Waals surface area contributed by atoms with Crippen molar-refractivity contribution in [2.75, 3.05) is 6.26 Å². The van der Waals surface area contributed by atoms with E-state index in [0.717, 1.165) is 48.8 Å². The number of hydrogen-bond donors (Lipinski definition) is 1. The van der Waals surface area contributed by atoms with E-state index in [1.54, 1.807) is 13.0 Å². The van der Waals surface area contributed by atoms with Crippen molar-refractivity contribution in [1.29, 1.82) is 0 Å². The molecule has 202 valence electrons. The van der Waals surface area contributed by atoms with Crippen LogP contribution in [0.4, 0.5) is 4.39 Å². The molecule has 1 aromatic heterocycles. The molecule has 2 aliphatic carbocycles. The van der Waals surface area contributed by atoms with Crippen molar-refractivity contribution in [3.8, 4) is 0 Å². The van der Waals surface area contributed by atoms with Gasteiger partial charge in [-0.25, -0.2) is 12.8 Å². The summed E-state index contributed by atoms with van der Waals surface area (Å²) in [6, 6.07) is 4.31. The van der Waals surface area contributed by atoms with Crippen molar-refractivity contribution in [3.63, 3.8) is 0 Å². The molecule has 1 atom stereocenters. The molecule has 1 aromatic carbocycles. The Morgan fingerprint density at radius 3 is 2.46 bits per heavy atom. The van der Waals surface area contributed by atoms with E-state index in [9.17, 15) is 22.4 Å². The van der Waals surface area contributed by atoms with Gasteiger partial charge in [0.25, 0.3) is 0 Å². The van der Waals surface area contributed by atoms with Crippen LogP contribution in [-0.2, 0) is 26.0 Å². The summed E-state index contributed by atoms with van der Waals surface area (Å²) in [5.41, 5.74) is 3.04. The smallest absolute Gasteiger partial charge is 0.234 e. The summed E-state index contributed by atoms with van der Waals surface area (Å²) in [7, 11) is -3.74. The summed E-state index contributed by atoms with van der Waals surface area (Å²) in [5.74, 6) is 1.03. The van der Waals surface area contributed by atoms with Crippen molar-refractivity contribution < 1.29 is 26.9 Å². The number of benzene rings is 1. The highest BCUT2D eigenvalue weighted by Gasteiger charge is 2.42. The van der Waals surface area contributed by atoms with Gasteiger partial charge in [0.1, 0.15) is 17.4 Å². The number of hydrogen-bond acceptors (Lipinski definition) is 6. The fourth-order valence-corrected chi connectivity index (χ4v) is 6.15. The van der Waals surface area contributed by atoms with Gasteiger partial charge in [0.15, 0.2) is 0 Å². The molecule has 0 bridgehead atoms. The lowest BCUT2D eigenvalue weighted by Gasteiger charge is -2.35. The van der Waals surface area contributed by atoms with Crippen LogP contribution in [0.2, 0.25) is 0 Å². The normalized spacial score (nSPS) is 20.5. The maximum absolute atomic E-state index is 13.5. The first kappa shape index (κ1) is 27.5. The lowest BCUT2D eigenvalue weighted by Crippen LogP contribution is -2.31. The van der Waals surface area contributed by atoms with Crippen molar-refractivity contribution in [3.05, 3.63) is 52.2 Å². The average molecular weight is 533 g/mol. The fraction of sp³-hybridized carbons (Fsp3) is 0.607. The second-order valence-corrected chi connectivity index (χ2v) is 13.2. The number of amides is 1. The van der Waals surface area contributed by atoms with E-state index in [1.165, 1.54) is 18.6 Å². The van der Waals surface area contributed by atoms with Crippen LogP contribution in [-0.4, -0.2) is 31.5 Å². The Kier molecular flexibility index (Phi) is 8.21. The molecule has 1 N–H and O–H groups in total. The summed E-state index contributed by atoms with van der Waals surface area (Å²) in [5, 5.41) is 4.40. The minimum absolute atomic E-state index is 0.0142. The van der Waals surface area contributed by atoms with Crippen LogP contribution in [0.1, 0.15) is 105 Å². The van der Waals surface area contributed by atoms with Crippen LogP contribution in [0.5, 0.6) is 0 Å². The maximum Gasteiger partial charge on any atom is 0.234 e. The first-order valence-electron chi connectivity index (χ1n) is 13.2. The van der Waals surface area contributed by atoms with Crippen molar-refractivity contribution in [2.45, 2.75) is 89.9 Å². The van der Waals surface area contributed by atoms with Crippen LogP contribution >= 0.6 is 0 Å². The Hall–Kier alpha value is -2.55.